The van der Waals surface area contributed by atoms with E-state index < -0.39 is 0 Å². The Bertz CT molecular complexity index is 620. The quantitative estimate of drug-likeness (QED) is 0.660. The van der Waals surface area contributed by atoms with E-state index >= 15 is 0 Å². The van der Waals surface area contributed by atoms with Gasteiger partial charge in [-0.1, -0.05) is 0 Å². The van der Waals surface area contributed by atoms with Crippen LogP contribution in [0.3, 0.4) is 0 Å². The second-order valence-electron chi connectivity index (χ2n) is 4.63. The summed E-state index contributed by atoms with van der Waals surface area (Å²) in [6.07, 6.45) is 6.83. The van der Waals surface area contributed by atoms with Crippen LogP contribution in [-0.2, 0) is 4.74 Å². The van der Waals surface area contributed by atoms with Crippen molar-refractivity contribution in [2.45, 2.75) is 12.5 Å². The van der Waals surface area contributed by atoms with Crippen LogP contribution in [0.25, 0.3) is 0 Å². The summed E-state index contributed by atoms with van der Waals surface area (Å²) >= 11 is 0. The summed E-state index contributed by atoms with van der Waals surface area (Å²) in [5.41, 5.74) is 0.905. The summed E-state index contributed by atoms with van der Waals surface area (Å²) in [7, 11) is 0. The number of carbonyl (C=O) groups excluding carboxylic acids is 1. The van der Waals surface area contributed by atoms with Gasteiger partial charge in [0.25, 0.3) is 5.91 Å². The van der Waals surface area contributed by atoms with Gasteiger partial charge in [-0.3, -0.25) is 9.48 Å². The molecule has 1 amide bonds. The molecule has 20 heavy (non-hydrogen) atoms. The molecule has 1 aliphatic heterocycles. The molecule has 0 aliphatic carbocycles. The van der Waals surface area contributed by atoms with E-state index in [4.69, 9.17) is 4.74 Å². The van der Waals surface area contributed by atoms with Crippen LogP contribution in [0, 0.1) is 5.21 Å². The highest BCUT2D eigenvalue weighted by Crippen LogP contribution is 2.19. The second-order valence-corrected chi connectivity index (χ2v) is 4.63. The Labute approximate surface area is 115 Å². The lowest BCUT2D eigenvalue weighted by molar-refractivity contribution is -0.605. The van der Waals surface area contributed by atoms with Gasteiger partial charge in [0.05, 0.1) is 24.5 Å². The van der Waals surface area contributed by atoms with Crippen LogP contribution in [0.2, 0.25) is 0 Å². The van der Waals surface area contributed by atoms with E-state index in [2.05, 4.69) is 10.4 Å². The molecule has 0 aromatic carbocycles. The molecule has 0 spiro atoms. The molecule has 1 fully saturated rings. The van der Waals surface area contributed by atoms with Crippen molar-refractivity contribution in [1.29, 1.82) is 0 Å². The van der Waals surface area contributed by atoms with Crippen molar-refractivity contribution in [2.24, 2.45) is 0 Å². The number of amides is 1. The minimum absolute atomic E-state index is 0.223. The van der Waals surface area contributed by atoms with Gasteiger partial charge in [-0.2, -0.15) is 9.83 Å². The highest BCUT2D eigenvalue weighted by atomic mass is 16.5. The topological polar surface area (TPSA) is 83.1 Å². The van der Waals surface area contributed by atoms with Gasteiger partial charge < -0.3 is 15.3 Å². The van der Waals surface area contributed by atoms with E-state index in [0.717, 1.165) is 13.0 Å². The van der Waals surface area contributed by atoms with Crippen LogP contribution in [0.4, 0.5) is 5.69 Å². The molecular weight excluding hydrogens is 260 g/mol. The second kappa shape index (κ2) is 5.30. The van der Waals surface area contributed by atoms with Gasteiger partial charge in [0.2, 0.25) is 0 Å². The van der Waals surface area contributed by atoms with E-state index in [0.29, 0.717) is 22.6 Å². The van der Waals surface area contributed by atoms with Gasteiger partial charge in [0.1, 0.15) is 5.56 Å². The van der Waals surface area contributed by atoms with Crippen LogP contribution in [-0.4, -0.2) is 28.9 Å². The number of hydrogen-bond acceptors (Lipinski definition) is 4. The highest BCUT2D eigenvalue weighted by molar-refractivity contribution is 6.03. The molecule has 0 radical (unpaired) electrons. The fourth-order valence-electron chi connectivity index (χ4n) is 2.13. The molecule has 2 aromatic heterocycles. The molecule has 2 aromatic rings. The Morgan fingerprint density at radius 2 is 2.50 bits per heavy atom. The van der Waals surface area contributed by atoms with Gasteiger partial charge in [0, 0.05) is 18.9 Å². The first kappa shape index (κ1) is 12.6. The van der Waals surface area contributed by atoms with Crippen molar-refractivity contribution in [3.63, 3.8) is 0 Å². The number of ether oxygens (including phenoxy) is 1. The minimum atomic E-state index is -0.336. The lowest BCUT2D eigenvalue weighted by Crippen LogP contribution is -2.27. The average molecular weight is 274 g/mol. The van der Waals surface area contributed by atoms with Gasteiger partial charge >= 0.3 is 0 Å². The zero-order valence-corrected chi connectivity index (χ0v) is 10.7. The lowest BCUT2D eigenvalue weighted by atomic mass is 10.2. The number of carbonyl (C=O) groups is 1. The smallest absolute Gasteiger partial charge is 0.261 e. The summed E-state index contributed by atoms with van der Waals surface area (Å²) in [4.78, 5) is 12.0. The molecule has 3 heterocycles. The van der Waals surface area contributed by atoms with Gasteiger partial charge in [-0.15, -0.1) is 0 Å². The van der Waals surface area contributed by atoms with Crippen LogP contribution in [0.5, 0.6) is 0 Å². The van der Waals surface area contributed by atoms with Crippen molar-refractivity contribution < 1.29 is 14.3 Å². The predicted molar refractivity (Wildman–Crippen MR) is 70.1 cm³/mol. The molecule has 1 saturated heterocycles. The Morgan fingerprint density at radius 1 is 1.60 bits per heavy atom. The van der Waals surface area contributed by atoms with Gasteiger partial charge in [-0.05, 0) is 12.5 Å². The third-order valence-corrected chi connectivity index (χ3v) is 3.18. The van der Waals surface area contributed by atoms with E-state index in [1.807, 2.05) is 0 Å². The average Bonchev–Trinajstić information content (AvgIpc) is 3.08. The third-order valence-electron chi connectivity index (χ3n) is 3.18. The van der Waals surface area contributed by atoms with Crippen LogP contribution in [0.15, 0.2) is 36.9 Å². The summed E-state index contributed by atoms with van der Waals surface area (Å²) in [6, 6.07) is 3.33. The molecule has 7 nitrogen and oxygen atoms in total. The molecule has 7 heteroatoms. The molecule has 1 N–H and O–H groups in total. The number of nitrogens with one attached hydrogen (secondary N) is 1. The first-order valence-corrected chi connectivity index (χ1v) is 6.34. The van der Waals surface area contributed by atoms with Crippen molar-refractivity contribution in [3.05, 3.63) is 47.7 Å². The standard InChI is InChI=1S/C13H14N4O3/c18-13(10-2-1-4-16(19)7-10)15-11-6-14-17(8-11)12-3-5-20-9-12/h1-2,4,6-8,12H,3,5,9H2,(H,15,18)/t12-/m1/s1. The van der Waals surface area contributed by atoms with Crippen molar-refractivity contribution in [2.75, 3.05) is 18.5 Å². The van der Waals surface area contributed by atoms with Crippen molar-refractivity contribution >= 4 is 11.6 Å². The number of pyridine rings is 1. The van der Waals surface area contributed by atoms with Crippen LogP contribution < -0.4 is 10.0 Å². The molecule has 0 saturated carbocycles. The lowest BCUT2D eigenvalue weighted by Gasteiger charge is -2.06. The SMILES string of the molecule is O=C(Nc1cnn([C@@H]2CCOC2)c1)c1ccc[n+]([O-])c1. The van der Waals surface area contributed by atoms with Crippen LogP contribution in [0.1, 0.15) is 22.8 Å². The summed E-state index contributed by atoms with van der Waals surface area (Å²) in [6.45, 7) is 1.38. The number of nitrogens with zero attached hydrogens (tertiary/aromatic N) is 3. The van der Waals surface area contributed by atoms with Gasteiger partial charge in [-0.25, -0.2) is 0 Å². The van der Waals surface area contributed by atoms with E-state index in [-0.39, 0.29) is 11.9 Å². The summed E-state index contributed by atoms with van der Waals surface area (Å²) < 4.78 is 7.68. The molecule has 1 aliphatic rings. The summed E-state index contributed by atoms with van der Waals surface area (Å²) in [5, 5.41) is 18.1. The normalized spacial score (nSPS) is 18.1. The van der Waals surface area contributed by atoms with Crippen molar-refractivity contribution in [1.82, 2.24) is 9.78 Å². The number of rotatable bonds is 3. The molecule has 0 bridgehead atoms. The highest BCUT2D eigenvalue weighted by Gasteiger charge is 2.19. The molecule has 104 valence electrons. The maximum atomic E-state index is 12.0. The zero-order chi connectivity index (χ0) is 13.9. The molecule has 3 rings (SSSR count). The molecule has 1 atom stereocenters. The molecule has 0 unspecified atom stereocenters. The van der Waals surface area contributed by atoms with E-state index in [9.17, 15) is 10.0 Å². The largest absolute Gasteiger partial charge is 0.619 e. The van der Waals surface area contributed by atoms with E-state index in [1.54, 1.807) is 23.1 Å². The van der Waals surface area contributed by atoms with E-state index in [1.165, 1.54) is 18.5 Å². The first-order valence-electron chi connectivity index (χ1n) is 6.34. The zero-order valence-electron chi connectivity index (χ0n) is 10.7. The Balaban J connectivity index is 1.70. The minimum Gasteiger partial charge on any atom is -0.619 e. The van der Waals surface area contributed by atoms with Gasteiger partial charge in [0.15, 0.2) is 12.4 Å². The first-order chi connectivity index (χ1) is 9.72. The monoisotopic (exact) mass is 274 g/mol. The number of aromatic nitrogens is 3. The van der Waals surface area contributed by atoms with Crippen molar-refractivity contribution in [3.8, 4) is 0 Å². The number of anilines is 1. The fourth-order valence-corrected chi connectivity index (χ4v) is 2.13. The Morgan fingerprint density at radius 3 is 3.25 bits per heavy atom. The number of hydrogen-bond donors (Lipinski definition) is 1. The van der Waals surface area contributed by atoms with Crippen LogP contribution >= 0.6 is 0 Å². The third kappa shape index (κ3) is 2.62. The maximum Gasteiger partial charge on any atom is 0.261 e. The summed E-state index contributed by atoms with van der Waals surface area (Å²) in [5.74, 6) is -0.336. The predicted octanol–water partition coefficient (Wildman–Crippen LogP) is 0.730. The maximum absolute atomic E-state index is 12.0. The molecular formula is C13H14N4O3. The fraction of sp³-hybridized carbons (Fsp3) is 0.308. The Kier molecular flexibility index (Phi) is 3.34. The Hall–Kier alpha value is -2.41.